The van der Waals surface area contributed by atoms with Gasteiger partial charge in [-0.3, -0.25) is 4.90 Å². The minimum absolute atomic E-state index is 0.00435. The number of hydrogen-bond acceptors (Lipinski definition) is 5. The van der Waals surface area contributed by atoms with E-state index in [1.807, 2.05) is 32.6 Å². The molecule has 2 rings (SSSR count). The van der Waals surface area contributed by atoms with Crippen molar-refractivity contribution in [2.24, 2.45) is 0 Å². The van der Waals surface area contributed by atoms with Gasteiger partial charge in [-0.15, -0.1) is 0 Å². The summed E-state index contributed by atoms with van der Waals surface area (Å²) in [5.74, 6) is -2.57. The molecule has 1 aromatic rings. The molecule has 0 aromatic heterocycles. The van der Waals surface area contributed by atoms with Gasteiger partial charge >= 0.3 is 0 Å². The van der Waals surface area contributed by atoms with Crippen LogP contribution in [0.5, 0.6) is 17.2 Å². The number of ether oxygens (including phenoxy) is 1. The number of phenolic OH excluding ortho intramolecular Hbond substituents is 3. The smallest absolute Gasteiger partial charge is 0.201 e. The Morgan fingerprint density at radius 2 is 1.45 bits per heavy atom. The van der Waals surface area contributed by atoms with Crippen molar-refractivity contribution < 1.29 is 24.4 Å². The fourth-order valence-electron chi connectivity index (χ4n) is 1.99. The average molecular weight is 317 g/mol. The number of halogens is 1. The zero-order valence-electron chi connectivity index (χ0n) is 14.1. The molecular formula is C16H28FNO4. The molecule has 0 saturated carbocycles. The summed E-state index contributed by atoms with van der Waals surface area (Å²) >= 11 is 0. The molecule has 0 atom stereocenters. The molecule has 1 aromatic carbocycles. The van der Waals surface area contributed by atoms with Crippen LogP contribution in [0.15, 0.2) is 0 Å². The van der Waals surface area contributed by atoms with Crippen molar-refractivity contribution in [2.75, 3.05) is 26.3 Å². The lowest BCUT2D eigenvalue weighted by molar-refractivity contribution is 0.0333. The van der Waals surface area contributed by atoms with Gasteiger partial charge in [0.2, 0.25) is 5.75 Å². The standard InChI is InChI=1S/C12H16FNO4.2C2H6/c1-7-9(13)8(11(16)12(17)10(7)15)6-14-2-4-18-5-3-14;2*1-2/h15-17H,2-6H2,1H3;2*1-2H3. The van der Waals surface area contributed by atoms with Gasteiger partial charge in [0.05, 0.1) is 13.2 Å². The number of phenols is 3. The lowest BCUT2D eigenvalue weighted by Crippen LogP contribution is -2.35. The molecular weight excluding hydrogens is 289 g/mol. The Morgan fingerprint density at radius 3 is 1.95 bits per heavy atom. The second-order valence-electron chi connectivity index (χ2n) is 4.35. The predicted molar refractivity (Wildman–Crippen MR) is 84.9 cm³/mol. The number of morpholine rings is 1. The van der Waals surface area contributed by atoms with Crippen LogP contribution in [0, 0.1) is 12.7 Å². The highest BCUT2D eigenvalue weighted by Crippen LogP contribution is 2.42. The van der Waals surface area contributed by atoms with Crippen molar-refractivity contribution in [2.45, 2.75) is 41.2 Å². The highest BCUT2D eigenvalue weighted by atomic mass is 19.1. The number of rotatable bonds is 2. The highest BCUT2D eigenvalue weighted by molar-refractivity contribution is 5.57. The van der Waals surface area contributed by atoms with E-state index < -0.39 is 23.1 Å². The van der Waals surface area contributed by atoms with Gasteiger partial charge in [0.1, 0.15) is 5.82 Å². The second-order valence-corrected chi connectivity index (χ2v) is 4.35. The van der Waals surface area contributed by atoms with E-state index in [1.54, 1.807) is 0 Å². The molecule has 0 aliphatic carbocycles. The van der Waals surface area contributed by atoms with E-state index in [0.29, 0.717) is 26.3 Å². The topological polar surface area (TPSA) is 73.2 Å². The normalized spacial score (nSPS) is 14.5. The third-order valence-electron chi connectivity index (χ3n) is 3.17. The largest absolute Gasteiger partial charge is 0.504 e. The van der Waals surface area contributed by atoms with Crippen LogP contribution in [0.2, 0.25) is 0 Å². The third kappa shape index (κ3) is 4.74. The Bertz CT molecular complexity index is 431. The predicted octanol–water partition coefficient (Wildman–Crippen LogP) is 3.14. The monoisotopic (exact) mass is 317 g/mol. The molecule has 0 amide bonds. The lowest BCUT2D eigenvalue weighted by atomic mass is 10.1. The van der Waals surface area contributed by atoms with Gasteiger partial charge in [-0.05, 0) is 6.92 Å². The van der Waals surface area contributed by atoms with Crippen molar-refractivity contribution in [3.05, 3.63) is 16.9 Å². The van der Waals surface area contributed by atoms with Crippen molar-refractivity contribution in [3.8, 4) is 17.2 Å². The van der Waals surface area contributed by atoms with E-state index >= 15 is 0 Å². The molecule has 128 valence electrons. The van der Waals surface area contributed by atoms with Crippen LogP contribution in [0.1, 0.15) is 38.8 Å². The van der Waals surface area contributed by atoms with Crippen molar-refractivity contribution in [1.29, 1.82) is 0 Å². The number of benzene rings is 1. The summed E-state index contributed by atoms with van der Waals surface area (Å²) in [6, 6.07) is 0. The van der Waals surface area contributed by atoms with Crippen molar-refractivity contribution >= 4 is 0 Å². The molecule has 1 aliphatic rings. The Kier molecular flexibility index (Phi) is 9.53. The summed E-state index contributed by atoms with van der Waals surface area (Å²) in [5, 5.41) is 28.6. The molecule has 5 nitrogen and oxygen atoms in total. The van der Waals surface area contributed by atoms with E-state index in [2.05, 4.69) is 0 Å². The first-order valence-corrected chi connectivity index (χ1v) is 7.74. The van der Waals surface area contributed by atoms with Gasteiger partial charge < -0.3 is 20.1 Å². The maximum Gasteiger partial charge on any atom is 0.201 e. The lowest BCUT2D eigenvalue weighted by Gasteiger charge is -2.27. The van der Waals surface area contributed by atoms with Crippen molar-refractivity contribution in [3.63, 3.8) is 0 Å². The van der Waals surface area contributed by atoms with Crippen LogP contribution in [-0.4, -0.2) is 46.5 Å². The molecule has 0 bridgehead atoms. The minimum Gasteiger partial charge on any atom is -0.504 e. The molecule has 22 heavy (non-hydrogen) atoms. The minimum atomic E-state index is -0.686. The van der Waals surface area contributed by atoms with E-state index in [1.165, 1.54) is 6.92 Å². The third-order valence-corrected chi connectivity index (χ3v) is 3.17. The summed E-state index contributed by atoms with van der Waals surface area (Å²) < 4.78 is 19.1. The second kappa shape index (κ2) is 10.2. The maximum absolute atomic E-state index is 14.0. The maximum atomic E-state index is 14.0. The van der Waals surface area contributed by atoms with E-state index in [9.17, 15) is 19.7 Å². The Morgan fingerprint density at radius 1 is 0.955 bits per heavy atom. The van der Waals surface area contributed by atoms with Gasteiger partial charge in [0, 0.05) is 30.8 Å². The van der Waals surface area contributed by atoms with Gasteiger partial charge in [0.15, 0.2) is 11.5 Å². The van der Waals surface area contributed by atoms with Gasteiger partial charge in [-0.25, -0.2) is 4.39 Å². The average Bonchev–Trinajstić information content (AvgIpc) is 2.59. The zero-order valence-corrected chi connectivity index (χ0v) is 14.1. The Hall–Kier alpha value is -1.53. The molecule has 0 radical (unpaired) electrons. The van der Waals surface area contributed by atoms with Crippen LogP contribution in [0.4, 0.5) is 4.39 Å². The van der Waals surface area contributed by atoms with Crippen molar-refractivity contribution in [1.82, 2.24) is 4.90 Å². The van der Waals surface area contributed by atoms with Gasteiger partial charge in [-0.1, -0.05) is 27.7 Å². The Labute approximate surface area is 132 Å². The summed E-state index contributed by atoms with van der Waals surface area (Å²) in [6.45, 7) is 11.9. The fraction of sp³-hybridized carbons (Fsp3) is 0.625. The first kappa shape index (κ1) is 20.5. The van der Waals surface area contributed by atoms with Crippen LogP contribution in [0.25, 0.3) is 0 Å². The first-order valence-electron chi connectivity index (χ1n) is 7.74. The summed E-state index contributed by atoms with van der Waals surface area (Å²) in [5.41, 5.74) is -0.0572. The molecule has 0 spiro atoms. The number of aromatic hydroxyl groups is 3. The highest BCUT2D eigenvalue weighted by Gasteiger charge is 2.23. The molecule has 1 aliphatic heterocycles. The Balaban J connectivity index is 0.00000102. The van der Waals surface area contributed by atoms with Crippen LogP contribution in [-0.2, 0) is 11.3 Å². The number of nitrogens with zero attached hydrogens (tertiary/aromatic N) is 1. The molecule has 1 heterocycles. The molecule has 0 unspecified atom stereocenters. The van der Waals surface area contributed by atoms with Gasteiger partial charge in [-0.2, -0.15) is 0 Å². The summed E-state index contributed by atoms with van der Waals surface area (Å²) in [7, 11) is 0. The van der Waals surface area contributed by atoms with Crippen LogP contribution in [0.3, 0.4) is 0 Å². The SMILES string of the molecule is CC.CC.Cc1c(O)c(O)c(O)c(CN2CCOCC2)c1F. The van der Waals surface area contributed by atoms with E-state index in [0.717, 1.165) is 0 Å². The molecule has 3 N–H and O–H groups in total. The van der Waals surface area contributed by atoms with Crippen LogP contribution < -0.4 is 0 Å². The quantitative estimate of drug-likeness (QED) is 0.731. The van der Waals surface area contributed by atoms with Gasteiger partial charge in [0.25, 0.3) is 0 Å². The first-order chi connectivity index (χ1) is 10.5. The van der Waals surface area contributed by atoms with E-state index in [-0.39, 0.29) is 17.7 Å². The fourth-order valence-corrected chi connectivity index (χ4v) is 1.99. The molecule has 1 saturated heterocycles. The summed E-state index contributed by atoms with van der Waals surface area (Å²) in [4.78, 5) is 1.91. The number of hydrogen-bond donors (Lipinski definition) is 3. The molecule has 1 fully saturated rings. The van der Waals surface area contributed by atoms with Crippen LogP contribution >= 0.6 is 0 Å². The molecule has 6 heteroatoms. The summed E-state index contributed by atoms with van der Waals surface area (Å²) in [6.07, 6.45) is 0. The van der Waals surface area contributed by atoms with E-state index in [4.69, 9.17) is 4.74 Å². The zero-order chi connectivity index (χ0) is 17.3.